The third kappa shape index (κ3) is 2.24. The van der Waals surface area contributed by atoms with Crippen LogP contribution in [0.3, 0.4) is 0 Å². The normalized spacial score (nSPS) is 20.5. The lowest BCUT2D eigenvalue weighted by atomic mass is 9.85. The lowest BCUT2D eigenvalue weighted by Crippen LogP contribution is -2.47. The summed E-state index contributed by atoms with van der Waals surface area (Å²) in [6, 6.07) is 4.14. The molecule has 5 heteroatoms. The zero-order valence-corrected chi connectivity index (χ0v) is 13.3. The molecule has 0 unspecified atom stereocenters. The smallest absolute Gasteiger partial charge is 0.254 e. The largest absolute Gasteiger partial charge is 0.369 e. The zero-order chi connectivity index (χ0) is 14.3. The van der Waals surface area contributed by atoms with Gasteiger partial charge in [-0.2, -0.15) is 11.3 Å². The Morgan fingerprint density at radius 1 is 1.24 bits per heavy atom. The van der Waals surface area contributed by atoms with Gasteiger partial charge in [-0.1, -0.05) is 0 Å². The van der Waals surface area contributed by atoms with E-state index in [0.29, 0.717) is 0 Å². The number of amides is 1. The highest BCUT2D eigenvalue weighted by atomic mass is 32.1. The van der Waals surface area contributed by atoms with E-state index in [9.17, 15) is 4.79 Å². The first-order valence-corrected chi connectivity index (χ1v) is 9.13. The molecule has 0 bridgehead atoms. The van der Waals surface area contributed by atoms with Crippen LogP contribution in [0.15, 0.2) is 28.3 Å². The molecule has 1 saturated heterocycles. The van der Waals surface area contributed by atoms with Gasteiger partial charge in [0.25, 0.3) is 5.91 Å². The molecule has 1 amide bonds. The number of fused-ring (bicyclic) bond motifs is 2. The van der Waals surface area contributed by atoms with E-state index in [0.717, 1.165) is 44.5 Å². The number of hydrogen-bond acceptors (Lipinski definition) is 4. The van der Waals surface area contributed by atoms with Gasteiger partial charge in [0, 0.05) is 23.3 Å². The van der Waals surface area contributed by atoms with Gasteiger partial charge in [0.15, 0.2) is 0 Å². The van der Waals surface area contributed by atoms with Crippen LogP contribution in [0.2, 0.25) is 0 Å². The Balaban J connectivity index is 1.52. The Hall–Kier alpha value is -1.17. The summed E-state index contributed by atoms with van der Waals surface area (Å²) in [6.07, 6.45) is 2.85. The minimum Gasteiger partial charge on any atom is -0.369 e. The molecule has 0 saturated carbocycles. The lowest BCUT2D eigenvalue weighted by Gasteiger charge is -2.43. The van der Waals surface area contributed by atoms with Crippen molar-refractivity contribution in [3.8, 4) is 0 Å². The Bertz CT molecular complexity index is 639. The molecule has 1 fully saturated rings. The topological polar surface area (TPSA) is 29.5 Å². The van der Waals surface area contributed by atoms with Crippen LogP contribution >= 0.6 is 22.7 Å². The minimum atomic E-state index is -0.132. The summed E-state index contributed by atoms with van der Waals surface area (Å²) in [6.45, 7) is 2.38. The summed E-state index contributed by atoms with van der Waals surface area (Å²) in [5, 5.41) is 6.06. The molecule has 1 spiro atoms. The summed E-state index contributed by atoms with van der Waals surface area (Å²) < 4.78 is 6.18. The van der Waals surface area contributed by atoms with Crippen molar-refractivity contribution in [3.05, 3.63) is 44.3 Å². The van der Waals surface area contributed by atoms with E-state index >= 15 is 0 Å². The quantitative estimate of drug-likeness (QED) is 0.805. The number of piperidine rings is 1. The molecule has 0 atom stereocenters. The number of thiophene rings is 2. The third-order valence-electron chi connectivity index (χ3n) is 4.54. The van der Waals surface area contributed by atoms with Crippen LogP contribution in [0.1, 0.15) is 33.6 Å². The molecular formula is C16H17NO2S2. The van der Waals surface area contributed by atoms with Crippen LogP contribution < -0.4 is 0 Å². The number of nitrogens with zero attached hydrogens (tertiary/aromatic N) is 1. The molecule has 21 heavy (non-hydrogen) atoms. The summed E-state index contributed by atoms with van der Waals surface area (Å²) in [7, 11) is 0. The molecule has 0 radical (unpaired) electrons. The molecular weight excluding hydrogens is 302 g/mol. The first kappa shape index (κ1) is 13.5. The van der Waals surface area contributed by atoms with Crippen LogP contribution in [-0.4, -0.2) is 30.5 Å². The van der Waals surface area contributed by atoms with Crippen molar-refractivity contribution < 1.29 is 9.53 Å². The summed E-state index contributed by atoms with van der Waals surface area (Å²) in [4.78, 5) is 15.8. The van der Waals surface area contributed by atoms with Crippen LogP contribution in [0.4, 0.5) is 0 Å². The van der Waals surface area contributed by atoms with Crippen molar-refractivity contribution in [1.29, 1.82) is 0 Å². The van der Waals surface area contributed by atoms with Crippen LogP contribution in [0.5, 0.6) is 0 Å². The molecule has 2 aromatic heterocycles. The van der Waals surface area contributed by atoms with Crippen LogP contribution in [0, 0.1) is 0 Å². The van der Waals surface area contributed by atoms with Gasteiger partial charge < -0.3 is 9.64 Å². The Morgan fingerprint density at radius 3 is 2.86 bits per heavy atom. The second-order valence-corrected chi connectivity index (χ2v) is 7.37. The fraction of sp³-hybridized carbons (Fsp3) is 0.438. The first-order chi connectivity index (χ1) is 10.3. The van der Waals surface area contributed by atoms with Gasteiger partial charge in [-0.05, 0) is 47.7 Å². The molecule has 3 nitrogen and oxygen atoms in total. The lowest BCUT2D eigenvalue weighted by molar-refractivity contribution is -0.0906. The Kier molecular flexibility index (Phi) is 3.36. The van der Waals surface area contributed by atoms with Gasteiger partial charge in [0.2, 0.25) is 0 Å². The Labute approximate surface area is 132 Å². The number of carbonyl (C=O) groups is 1. The Morgan fingerprint density at radius 2 is 2.10 bits per heavy atom. The van der Waals surface area contributed by atoms with Gasteiger partial charge >= 0.3 is 0 Å². The maximum atomic E-state index is 12.4. The fourth-order valence-corrected chi connectivity index (χ4v) is 5.16. The average Bonchev–Trinajstić information content (AvgIpc) is 3.19. The first-order valence-electron chi connectivity index (χ1n) is 7.31. The van der Waals surface area contributed by atoms with Crippen molar-refractivity contribution in [2.75, 3.05) is 19.7 Å². The van der Waals surface area contributed by atoms with Crippen molar-refractivity contribution in [1.82, 2.24) is 4.90 Å². The number of rotatable bonds is 1. The van der Waals surface area contributed by atoms with Gasteiger partial charge in [-0.25, -0.2) is 0 Å². The van der Waals surface area contributed by atoms with Gasteiger partial charge in [0.05, 0.1) is 12.2 Å². The average molecular weight is 319 g/mol. The highest BCUT2D eigenvalue weighted by Gasteiger charge is 2.42. The molecule has 2 aromatic rings. The van der Waals surface area contributed by atoms with Crippen LogP contribution in [0.25, 0.3) is 0 Å². The van der Waals surface area contributed by atoms with E-state index in [1.807, 2.05) is 33.1 Å². The highest BCUT2D eigenvalue weighted by molar-refractivity contribution is 7.10. The van der Waals surface area contributed by atoms with Crippen molar-refractivity contribution >= 4 is 28.6 Å². The van der Waals surface area contributed by atoms with E-state index in [-0.39, 0.29) is 11.5 Å². The SMILES string of the molecule is O=C(c1ccsc1)N1CCC2(CC1)OCCc1ccsc12. The van der Waals surface area contributed by atoms with Gasteiger partial charge in [-0.15, -0.1) is 11.3 Å². The molecule has 4 rings (SSSR count). The summed E-state index contributed by atoms with van der Waals surface area (Å²) in [5.74, 6) is 0.160. The summed E-state index contributed by atoms with van der Waals surface area (Å²) >= 11 is 3.39. The summed E-state index contributed by atoms with van der Waals surface area (Å²) in [5.41, 5.74) is 2.13. The molecule has 2 aliphatic rings. The van der Waals surface area contributed by atoms with Crippen LogP contribution in [-0.2, 0) is 16.8 Å². The van der Waals surface area contributed by atoms with E-state index in [1.165, 1.54) is 10.4 Å². The standard InChI is InChI=1S/C16H17NO2S2/c18-15(13-2-9-20-11-13)17-6-4-16(5-7-17)14-12(1-8-19-16)3-10-21-14/h2-3,9-11H,1,4-8H2. The van der Waals surface area contributed by atoms with Crippen molar-refractivity contribution in [3.63, 3.8) is 0 Å². The van der Waals surface area contributed by atoms with E-state index < -0.39 is 0 Å². The fourth-order valence-electron chi connectivity index (χ4n) is 3.37. The number of carbonyl (C=O) groups excluding carboxylic acids is 1. The molecule has 2 aliphatic heterocycles. The highest BCUT2D eigenvalue weighted by Crippen LogP contribution is 2.44. The molecule has 4 heterocycles. The van der Waals surface area contributed by atoms with Gasteiger partial charge in [0.1, 0.15) is 5.60 Å². The molecule has 0 aliphatic carbocycles. The zero-order valence-electron chi connectivity index (χ0n) is 11.7. The predicted molar refractivity (Wildman–Crippen MR) is 85.1 cm³/mol. The number of hydrogen-bond donors (Lipinski definition) is 0. The number of ether oxygens (including phenoxy) is 1. The second kappa shape index (κ2) is 5.23. The van der Waals surface area contributed by atoms with Crippen molar-refractivity contribution in [2.24, 2.45) is 0 Å². The third-order valence-corrected chi connectivity index (χ3v) is 6.36. The van der Waals surface area contributed by atoms with E-state index in [2.05, 4.69) is 11.4 Å². The van der Waals surface area contributed by atoms with Gasteiger partial charge in [-0.3, -0.25) is 4.79 Å². The minimum absolute atomic E-state index is 0.132. The predicted octanol–water partition coefficient (Wildman–Crippen LogP) is 3.51. The van der Waals surface area contributed by atoms with E-state index in [4.69, 9.17) is 4.74 Å². The molecule has 110 valence electrons. The maximum Gasteiger partial charge on any atom is 0.254 e. The maximum absolute atomic E-state index is 12.4. The van der Waals surface area contributed by atoms with E-state index in [1.54, 1.807) is 11.3 Å². The van der Waals surface area contributed by atoms with Crippen molar-refractivity contribution in [2.45, 2.75) is 24.9 Å². The second-order valence-electron chi connectivity index (χ2n) is 5.67. The monoisotopic (exact) mass is 319 g/mol. The molecule has 0 N–H and O–H groups in total. The number of likely N-dealkylation sites (tertiary alicyclic amines) is 1. The molecule has 0 aromatic carbocycles.